The van der Waals surface area contributed by atoms with Crippen LogP contribution in [0.4, 0.5) is 0 Å². The lowest BCUT2D eigenvalue weighted by Gasteiger charge is -2.27. The van der Waals surface area contributed by atoms with Gasteiger partial charge in [0.2, 0.25) is 23.6 Å². The molecule has 13 nitrogen and oxygen atoms in total. The molecule has 0 aliphatic heterocycles. The van der Waals surface area contributed by atoms with Crippen LogP contribution >= 0.6 is 0 Å². The first-order chi connectivity index (χ1) is 18.9. The molecule has 4 amide bonds. The van der Waals surface area contributed by atoms with Gasteiger partial charge in [0.25, 0.3) is 0 Å². The van der Waals surface area contributed by atoms with E-state index in [2.05, 4.69) is 20.9 Å². The Bertz CT molecular complexity index is 1180. The first-order valence-corrected chi connectivity index (χ1v) is 13.4. The van der Waals surface area contributed by atoms with E-state index in [9.17, 15) is 29.1 Å². The number of hydrogen-bond acceptors (Lipinski definition) is 7. The molecule has 11 N–H and O–H groups in total. The van der Waals surface area contributed by atoms with Crippen molar-refractivity contribution in [1.29, 1.82) is 0 Å². The second kappa shape index (κ2) is 15.6. The van der Waals surface area contributed by atoms with Crippen LogP contribution in [-0.2, 0) is 30.4 Å². The van der Waals surface area contributed by atoms with Crippen molar-refractivity contribution in [1.82, 2.24) is 20.9 Å². The van der Waals surface area contributed by atoms with Crippen molar-refractivity contribution in [2.75, 3.05) is 6.54 Å². The predicted molar refractivity (Wildman–Crippen MR) is 150 cm³/mol. The normalized spacial score (nSPS) is 14.2. The third-order valence-corrected chi connectivity index (χ3v) is 6.57. The molecule has 1 aromatic heterocycles. The maximum Gasteiger partial charge on any atom is 0.326 e. The molecule has 0 saturated carbocycles. The van der Waals surface area contributed by atoms with Gasteiger partial charge in [-0.2, -0.15) is 0 Å². The highest BCUT2D eigenvalue weighted by Crippen LogP contribution is 2.19. The second-order valence-electron chi connectivity index (χ2n) is 10.2. The second-order valence-corrected chi connectivity index (χ2v) is 10.2. The summed E-state index contributed by atoms with van der Waals surface area (Å²) in [6.45, 7) is 3.81. The number of carbonyl (C=O) groups is 5. The highest BCUT2D eigenvalue weighted by Gasteiger charge is 2.32. The van der Waals surface area contributed by atoms with E-state index in [0.717, 1.165) is 16.5 Å². The fourth-order valence-electron chi connectivity index (χ4n) is 4.26. The zero-order valence-electron chi connectivity index (χ0n) is 22.9. The highest BCUT2D eigenvalue weighted by atomic mass is 16.4. The predicted octanol–water partition coefficient (Wildman–Crippen LogP) is -0.373. The number of carbonyl (C=O) groups excluding carboxylic acids is 4. The molecule has 0 fully saturated rings. The first-order valence-electron chi connectivity index (χ1n) is 13.4. The number of carboxylic acids is 1. The van der Waals surface area contributed by atoms with Crippen molar-refractivity contribution < 1.29 is 29.1 Å². The van der Waals surface area contributed by atoms with Gasteiger partial charge in [-0.25, -0.2) is 4.79 Å². The number of aromatic amines is 1. The molecular formula is C27H41N7O6. The van der Waals surface area contributed by atoms with Crippen LogP contribution in [0.15, 0.2) is 30.5 Å². The maximum absolute atomic E-state index is 13.2. The number of aromatic nitrogens is 1. The molecule has 220 valence electrons. The summed E-state index contributed by atoms with van der Waals surface area (Å²) in [5.41, 5.74) is 18.6. The lowest BCUT2D eigenvalue weighted by Crippen LogP contribution is -2.58. The van der Waals surface area contributed by atoms with E-state index in [0.29, 0.717) is 19.4 Å². The van der Waals surface area contributed by atoms with Crippen LogP contribution in [0.1, 0.15) is 51.5 Å². The number of amides is 4. The summed E-state index contributed by atoms with van der Waals surface area (Å²) in [7, 11) is 0. The van der Waals surface area contributed by atoms with Crippen molar-refractivity contribution in [3.8, 4) is 0 Å². The van der Waals surface area contributed by atoms with Crippen LogP contribution in [0.5, 0.6) is 0 Å². The average Bonchev–Trinajstić information content (AvgIpc) is 3.30. The van der Waals surface area contributed by atoms with Crippen molar-refractivity contribution in [3.05, 3.63) is 36.0 Å². The molecule has 0 aliphatic rings. The summed E-state index contributed by atoms with van der Waals surface area (Å²) < 4.78 is 0. The monoisotopic (exact) mass is 559 g/mol. The Morgan fingerprint density at radius 3 is 2.23 bits per heavy atom. The number of para-hydroxylation sites is 1. The molecule has 40 heavy (non-hydrogen) atoms. The van der Waals surface area contributed by atoms with Crippen molar-refractivity contribution >= 4 is 40.5 Å². The number of primary amides is 1. The number of aliphatic carboxylic acids is 1. The molecule has 1 aromatic carbocycles. The SMILES string of the molecule is CC(C)C(NC(=O)C(N)Cc1c[nH]c2ccccc12)C(=O)NC(CCC(N)=O)C(=O)NC(CCCCN)C(=O)O. The van der Waals surface area contributed by atoms with Crippen LogP contribution < -0.4 is 33.2 Å². The van der Waals surface area contributed by atoms with Crippen LogP contribution in [0.3, 0.4) is 0 Å². The van der Waals surface area contributed by atoms with Gasteiger partial charge in [0, 0.05) is 23.5 Å². The van der Waals surface area contributed by atoms with Crippen molar-refractivity contribution in [2.24, 2.45) is 23.1 Å². The van der Waals surface area contributed by atoms with Gasteiger partial charge < -0.3 is 43.2 Å². The lowest BCUT2D eigenvalue weighted by atomic mass is 10.00. The maximum atomic E-state index is 13.2. The van der Waals surface area contributed by atoms with E-state index in [4.69, 9.17) is 17.2 Å². The minimum Gasteiger partial charge on any atom is -0.480 e. The first kappa shape index (κ1) is 32.2. The molecule has 0 spiro atoms. The molecule has 2 rings (SSSR count). The standard InChI is InChI=1S/C27H41N7O6/c1-15(2)23(34-24(36)18(29)13-16-14-31-19-8-4-3-7-17(16)19)26(38)32-20(10-11-22(30)35)25(37)33-21(27(39)40)9-5-6-12-28/h3-4,7-8,14-15,18,20-21,23,31H,5-6,9-13,28-29H2,1-2H3,(H2,30,35)(H,32,38)(H,33,37)(H,34,36)(H,39,40). The Morgan fingerprint density at radius 1 is 0.925 bits per heavy atom. The smallest absolute Gasteiger partial charge is 0.326 e. The number of nitrogens with two attached hydrogens (primary N) is 3. The number of hydrogen-bond donors (Lipinski definition) is 8. The van der Waals surface area contributed by atoms with Crippen LogP contribution in [0.25, 0.3) is 10.9 Å². The van der Waals surface area contributed by atoms with Crippen LogP contribution in [0.2, 0.25) is 0 Å². The van der Waals surface area contributed by atoms with E-state index >= 15 is 0 Å². The van der Waals surface area contributed by atoms with E-state index < -0.39 is 53.8 Å². The number of carboxylic acid groups (broad SMARTS) is 1. The number of nitrogens with one attached hydrogen (secondary N) is 4. The van der Waals surface area contributed by atoms with Crippen molar-refractivity contribution in [3.63, 3.8) is 0 Å². The third kappa shape index (κ3) is 9.65. The Balaban J connectivity index is 2.10. The Labute approximate surface area is 233 Å². The fourth-order valence-corrected chi connectivity index (χ4v) is 4.26. The summed E-state index contributed by atoms with van der Waals surface area (Å²) in [6.07, 6.45) is 2.84. The van der Waals surface area contributed by atoms with Gasteiger partial charge in [0.15, 0.2) is 0 Å². The van der Waals surface area contributed by atoms with Gasteiger partial charge >= 0.3 is 5.97 Å². The van der Waals surface area contributed by atoms with Crippen LogP contribution in [0, 0.1) is 5.92 Å². The van der Waals surface area contributed by atoms with Gasteiger partial charge in [-0.15, -0.1) is 0 Å². The molecule has 0 saturated heterocycles. The van der Waals surface area contributed by atoms with Gasteiger partial charge in [0.05, 0.1) is 6.04 Å². The van der Waals surface area contributed by atoms with Gasteiger partial charge in [0.1, 0.15) is 18.1 Å². The molecule has 4 atom stereocenters. The minimum atomic E-state index is -1.26. The highest BCUT2D eigenvalue weighted by molar-refractivity contribution is 5.94. The largest absolute Gasteiger partial charge is 0.480 e. The van der Waals surface area contributed by atoms with E-state index in [1.54, 1.807) is 20.0 Å². The summed E-state index contributed by atoms with van der Waals surface area (Å²) in [6, 6.07) is 3.14. The summed E-state index contributed by atoms with van der Waals surface area (Å²) in [4.78, 5) is 65.3. The molecular weight excluding hydrogens is 518 g/mol. The van der Waals surface area contributed by atoms with Gasteiger partial charge in [-0.1, -0.05) is 32.0 Å². The minimum absolute atomic E-state index is 0.147. The van der Waals surface area contributed by atoms with Crippen molar-refractivity contribution in [2.45, 2.75) is 76.5 Å². The zero-order chi connectivity index (χ0) is 29.8. The fraction of sp³-hybridized carbons (Fsp3) is 0.519. The topological polar surface area (TPSA) is 236 Å². The summed E-state index contributed by atoms with van der Waals surface area (Å²) in [5.74, 6) is -4.32. The van der Waals surface area contributed by atoms with Crippen LogP contribution in [-0.4, -0.2) is 70.4 Å². The van der Waals surface area contributed by atoms with E-state index in [1.165, 1.54) is 0 Å². The number of unbranched alkanes of at least 4 members (excludes halogenated alkanes) is 1. The number of rotatable bonds is 17. The summed E-state index contributed by atoms with van der Waals surface area (Å²) >= 11 is 0. The lowest BCUT2D eigenvalue weighted by molar-refractivity contribution is -0.142. The number of H-pyrrole nitrogens is 1. The van der Waals surface area contributed by atoms with E-state index in [1.807, 2.05) is 24.3 Å². The molecule has 13 heteroatoms. The Kier molecular flexibility index (Phi) is 12.6. The third-order valence-electron chi connectivity index (χ3n) is 6.57. The average molecular weight is 560 g/mol. The van der Waals surface area contributed by atoms with Gasteiger partial charge in [-0.3, -0.25) is 19.2 Å². The number of fused-ring (bicyclic) bond motifs is 1. The molecule has 2 aromatic rings. The molecule has 0 radical (unpaired) electrons. The molecule has 0 aliphatic carbocycles. The molecule has 1 heterocycles. The quantitative estimate of drug-likeness (QED) is 0.119. The van der Waals surface area contributed by atoms with E-state index in [-0.39, 0.29) is 31.6 Å². The Hall–Kier alpha value is -3.97. The number of benzene rings is 1. The summed E-state index contributed by atoms with van der Waals surface area (Å²) in [5, 5.41) is 18.1. The zero-order valence-corrected chi connectivity index (χ0v) is 22.9. The molecule has 4 unspecified atom stereocenters. The Morgan fingerprint density at radius 2 is 1.60 bits per heavy atom. The van der Waals surface area contributed by atoms with Gasteiger partial charge in [-0.05, 0) is 56.2 Å². The molecule has 0 bridgehead atoms.